The summed E-state index contributed by atoms with van der Waals surface area (Å²) in [5.41, 5.74) is 0. The van der Waals surface area contributed by atoms with Crippen LogP contribution in [0.3, 0.4) is 0 Å². The van der Waals surface area contributed by atoms with Crippen LogP contribution in [0.4, 0.5) is 0 Å². The Morgan fingerprint density at radius 1 is 1.33 bits per heavy atom. The quantitative estimate of drug-likeness (QED) is 0.627. The molecule has 0 rings (SSSR count). The number of amides is 1. The summed E-state index contributed by atoms with van der Waals surface area (Å²) in [5, 5.41) is 8.89. The largest absolute Gasteiger partial charge is 0.481 e. The van der Waals surface area contributed by atoms with Gasteiger partial charge in [0.1, 0.15) is 0 Å². The van der Waals surface area contributed by atoms with Crippen molar-refractivity contribution >= 4 is 11.9 Å². The summed E-state index contributed by atoms with van der Waals surface area (Å²) in [7, 11) is 0. The van der Waals surface area contributed by atoms with Crippen molar-refractivity contribution in [1.82, 2.24) is 9.80 Å². The molecule has 0 aliphatic carbocycles. The Kier molecular flexibility index (Phi) is 8.03. The number of aliphatic carboxylic acids is 1. The Bertz CT molecular complexity index is 288. The van der Waals surface area contributed by atoms with Gasteiger partial charge in [-0.3, -0.25) is 14.5 Å². The Labute approximate surface area is 109 Å². The van der Waals surface area contributed by atoms with Gasteiger partial charge in [0.2, 0.25) is 5.91 Å². The fourth-order valence-electron chi connectivity index (χ4n) is 1.72. The van der Waals surface area contributed by atoms with Gasteiger partial charge in [0.15, 0.2) is 0 Å². The van der Waals surface area contributed by atoms with Gasteiger partial charge in [-0.25, -0.2) is 0 Å². The first-order valence-corrected chi connectivity index (χ1v) is 6.30. The Morgan fingerprint density at radius 2 is 1.89 bits per heavy atom. The SMILES string of the molecule is C=CCN(CC(=O)N(CC)CC)CC(C)C(=O)O. The van der Waals surface area contributed by atoms with Crippen LogP contribution >= 0.6 is 0 Å². The molecule has 0 aliphatic heterocycles. The molecule has 5 nitrogen and oxygen atoms in total. The Hall–Kier alpha value is -1.36. The van der Waals surface area contributed by atoms with Crippen molar-refractivity contribution in [3.63, 3.8) is 0 Å². The van der Waals surface area contributed by atoms with Crippen LogP contribution in [-0.4, -0.2) is 59.5 Å². The second kappa shape index (κ2) is 8.69. The van der Waals surface area contributed by atoms with Crippen LogP contribution in [0.25, 0.3) is 0 Å². The zero-order chi connectivity index (χ0) is 14.1. The molecule has 1 unspecified atom stereocenters. The van der Waals surface area contributed by atoms with E-state index in [2.05, 4.69) is 6.58 Å². The van der Waals surface area contributed by atoms with E-state index in [1.807, 2.05) is 18.7 Å². The normalized spacial score (nSPS) is 12.2. The smallest absolute Gasteiger partial charge is 0.307 e. The molecule has 0 spiro atoms. The number of carboxylic acid groups (broad SMARTS) is 1. The molecule has 0 aromatic carbocycles. The second-order valence-electron chi connectivity index (χ2n) is 4.29. The summed E-state index contributed by atoms with van der Waals surface area (Å²) in [6, 6.07) is 0. The van der Waals surface area contributed by atoms with Crippen molar-refractivity contribution in [2.45, 2.75) is 20.8 Å². The van der Waals surface area contributed by atoms with E-state index >= 15 is 0 Å². The van der Waals surface area contributed by atoms with E-state index in [0.29, 0.717) is 26.2 Å². The molecule has 0 saturated carbocycles. The maximum absolute atomic E-state index is 11.9. The molecule has 0 aromatic heterocycles. The van der Waals surface area contributed by atoms with E-state index in [4.69, 9.17) is 5.11 Å². The summed E-state index contributed by atoms with van der Waals surface area (Å²) >= 11 is 0. The lowest BCUT2D eigenvalue weighted by molar-refractivity contribution is -0.142. The fraction of sp³-hybridized carbons (Fsp3) is 0.692. The van der Waals surface area contributed by atoms with Gasteiger partial charge in [-0.15, -0.1) is 6.58 Å². The zero-order valence-electron chi connectivity index (χ0n) is 11.6. The predicted octanol–water partition coefficient (Wildman–Crippen LogP) is 1.06. The minimum atomic E-state index is -0.848. The van der Waals surface area contributed by atoms with Gasteiger partial charge in [0.25, 0.3) is 0 Å². The molecule has 18 heavy (non-hydrogen) atoms. The van der Waals surface area contributed by atoms with Crippen molar-refractivity contribution in [2.75, 3.05) is 32.7 Å². The van der Waals surface area contributed by atoms with Gasteiger partial charge >= 0.3 is 5.97 Å². The van der Waals surface area contributed by atoms with Crippen molar-refractivity contribution in [3.8, 4) is 0 Å². The third-order valence-corrected chi connectivity index (χ3v) is 2.82. The number of carboxylic acids is 1. The fourth-order valence-corrected chi connectivity index (χ4v) is 1.72. The molecule has 104 valence electrons. The van der Waals surface area contributed by atoms with Crippen molar-refractivity contribution < 1.29 is 14.7 Å². The van der Waals surface area contributed by atoms with Crippen LogP contribution in [0.15, 0.2) is 12.7 Å². The van der Waals surface area contributed by atoms with Gasteiger partial charge < -0.3 is 10.0 Å². The minimum absolute atomic E-state index is 0.0273. The second-order valence-corrected chi connectivity index (χ2v) is 4.29. The van der Waals surface area contributed by atoms with Gasteiger partial charge in [-0.2, -0.15) is 0 Å². The van der Waals surface area contributed by atoms with Gasteiger partial charge in [-0.1, -0.05) is 13.0 Å². The first kappa shape index (κ1) is 16.6. The van der Waals surface area contributed by atoms with Crippen LogP contribution in [0, 0.1) is 5.92 Å². The monoisotopic (exact) mass is 256 g/mol. The van der Waals surface area contributed by atoms with E-state index in [0.717, 1.165) is 0 Å². The summed E-state index contributed by atoms with van der Waals surface area (Å²) in [6.07, 6.45) is 1.68. The van der Waals surface area contributed by atoms with E-state index in [-0.39, 0.29) is 12.5 Å². The summed E-state index contributed by atoms with van der Waals surface area (Å²) in [4.78, 5) is 26.3. The molecule has 0 heterocycles. The highest BCUT2D eigenvalue weighted by Crippen LogP contribution is 2.02. The van der Waals surface area contributed by atoms with E-state index < -0.39 is 11.9 Å². The Balaban J connectivity index is 4.47. The summed E-state index contributed by atoms with van der Waals surface area (Å²) in [5.74, 6) is -1.31. The number of carbonyl (C=O) groups excluding carboxylic acids is 1. The molecule has 1 N–H and O–H groups in total. The maximum atomic E-state index is 11.9. The first-order valence-electron chi connectivity index (χ1n) is 6.30. The van der Waals surface area contributed by atoms with Crippen molar-refractivity contribution in [2.24, 2.45) is 5.92 Å². The van der Waals surface area contributed by atoms with Gasteiger partial charge in [0.05, 0.1) is 12.5 Å². The minimum Gasteiger partial charge on any atom is -0.481 e. The highest BCUT2D eigenvalue weighted by molar-refractivity contribution is 5.78. The summed E-state index contributed by atoms with van der Waals surface area (Å²) in [6.45, 7) is 11.6. The molecule has 0 bridgehead atoms. The molecular weight excluding hydrogens is 232 g/mol. The lowest BCUT2D eigenvalue weighted by Gasteiger charge is -2.26. The zero-order valence-corrected chi connectivity index (χ0v) is 11.6. The van der Waals surface area contributed by atoms with Crippen molar-refractivity contribution in [1.29, 1.82) is 0 Å². The van der Waals surface area contributed by atoms with Gasteiger partial charge in [-0.05, 0) is 13.8 Å². The van der Waals surface area contributed by atoms with Crippen molar-refractivity contribution in [3.05, 3.63) is 12.7 Å². The summed E-state index contributed by atoms with van der Waals surface area (Å²) < 4.78 is 0. The molecular formula is C13H24N2O3. The van der Waals surface area contributed by atoms with E-state index in [1.165, 1.54) is 0 Å². The molecule has 5 heteroatoms. The number of hydrogen-bond donors (Lipinski definition) is 1. The lowest BCUT2D eigenvalue weighted by atomic mass is 10.1. The average molecular weight is 256 g/mol. The molecule has 1 atom stereocenters. The molecule has 1 amide bonds. The Morgan fingerprint density at radius 3 is 2.28 bits per heavy atom. The maximum Gasteiger partial charge on any atom is 0.307 e. The van der Waals surface area contributed by atoms with Crippen LogP contribution < -0.4 is 0 Å². The van der Waals surface area contributed by atoms with Crippen LogP contribution in [0.5, 0.6) is 0 Å². The number of likely N-dealkylation sites (N-methyl/N-ethyl adjacent to an activating group) is 1. The molecule has 0 aliphatic rings. The molecule has 0 aromatic rings. The third-order valence-electron chi connectivity index (χ3n) is 2.82. The van der Waals surface area contributed by atoms with E-state index in [9.17, 15) is 9.59 Å². The van der Waals surface area contributed by atoms with Gasteiger partial charge in [0, 0.05) is 26.2 Å². The van der Waals surface area contributed by atoms with Crippen LogP contribution in [0.1, 0.15) is 20.8 Å². The predicted molar refractivity (Wildman–Crippen MR) is 71.4 cm³/mol. The number of nitrogens with zero attached hydrogens (tertiary/aromatic N) is 2. The van der Waals surface area contributed by atoms with Crippen LogP contribution in [0.2, 0.25) is 0 Å². The highest BCUT2D eigenvalue weighted by atomic mass is 16.4. The third kappa shape index (κ3) is 5.82. The highest BCUT2D eigenvalue weighted by Gasteiger charge is 2.19. The number of rotatable bonds is 9. The topological polar surface area (TPSA) is 60.9 Å². The molecule has 0 radical (unpaired) electrons. The average Bonchev–Trinajstić information content (AvgIpc) is 2.30. The first-order chi connectivity index (χ1) is 8.46. The number of hydrogen-bond acceptors (Lipinski definition) is 3. The van der Waals surface area contributed by atoms with E-state index in [1.54, 1.807) is 17.9 Å². The molecule has 0 saturated heterocycles. The standard InChI is InChI=1S/C13H24N2O3/c1-5-8-14(9-11(4)13(17)18)10-12(16)15(6-2)7-3/h5,11H,1,6-10H2,2-4H3,(H,17,18). The van der Waals surface area contributed by atoms with Crippen LogP contribution in [-0.2, 0) is 9.59 Å². The number of carbonyl (C=O) groups is 2. The lowest BCUT2D eigenvalue weighted by Crippen LogP contribution is -2.42. The molecule has 0 fully saturated rings.